The van der Waals surface area contributed by atoms with Crippen LogP contribution in [0, 0.1) is 0 Å². The Kier molecular flexibility index (Phi) is 3.53. The quantitative estimate of drug-likeness (QED) is 0.833. The van der Waals surface area contributed by atoms with Gasteiger partial charge in [0, 0.05) is 41.2 Å². The summed E-state index contributed by atoms with van der Waals surface area (Å²) in [4.78, 5) is 17.3. The number of ketones is 1. The topological polar surface area (TPSA) is 20.3 Å². The summed E-state index contributed by atoms with van der Waals surface area (Å²) in [5.74, 6) is 0.487. The maximum atomic E-state index is 11.7. The molecule has 3 heteroatoms. The summed E-state index contributed by atoms with van der Waals surface area (Å²) in [7, 11) is 0. The molecule has 0 amide bonds. The SMILES string of the molecule is CCc1ccc(CN2C3CCCC2CC(=O)C3)s1. The van der Waals surface area contributed by atoms with Gasteiger partial charge in [-0.15, -0.1) is 11.3 Å². The summed E-state index contributed by atoms with van der Waals surface area (Å²) in [6.07, 6.45) is 6.47. The Morgan fingerprint density at radius 2 is 1.89 bits per heavy atom. The summed E-state index contributed by atoms with van der Waals surface area (Å²) >= 11 is 1.94. The molecule has 0 aromatic carbocycles. The molecule has 3 rings (SSSR count). The standard InChI is InChI=1S/C15H21NOS/c1-2-14-6-7-15(18-14)10-16-11-4-3-5-12(16)9-13(17)8-11/h6-7,11-12H,2-5,8-10H2,1H3. The maximum absolute atomic E-state index is 11.7. The maximum Gasteiger partial charge on any atom is 0.136 e. The molecule has 2 saturated heterocycles. The number of hydrogen-bond donors (Lipinski definition) is 0. The van der Waals surface area contributed by atoms with Gasteiger partial charge < -0.3 is 0 Å². The molecule has 0 radical (unpaired) electrons. The van der Waals surface area contributed by atoms with Gasteiger partial charge in [0.05, 0.1) is 0 Å². The van der Waals surface area contributed by atoms with Crippen LogP contribution in [-0.2, 0) is 17.8 Å². The molecule has 2 aliphatic rings. The molecule has 2 aliphatic heterocycles. The average molecular weight is 263 g/mol. The molecule has 0 aliphatic carbocycles. The lowest BCUT2D eigenvalue weighted by Crippen LogP contribution is -2.51. The molecule has 2 bridgehead atoms. The molecule has 2 nitrogen and oxygen atoms in total. The molecule has 1 aromatic rings. The zero-order valence-corrected chi connectivity index (χ0v) is 11.8. The molecule has 2 fully saturated rings. The number of nitrogens with zero attached hydrogens (tertiary/aromatic N) is 1. The van der Waals surface area contributed by atoms with Crippen LogP contribution >= 0.6 is 11.3 Å². The summed E-state index contributed by atoms with van der Waals surface area (Å²) in [6, 6.07) is 5.58. The van der Waals surface area contributed by atoms with Gasteiger partial charge in [-0.3, -0.25) is 9.69 Å². The van der Waals surface area contributed by atoms with Gasteiger partial charge in [-0.05, 0) is 31.4 Å². The Bertz CT molecular complexity index is 423. The van der Waals surface area contributed by atoms with Crippen LogP contribution in [0.2, 0.25) is 0 Å². The van der Waals surface area contributed by atoms with Crippen molar-refractivity contribution in [2.45, 2.75) is 64.1 Å². The van der Waals surface area contributed by atoms with Crippen molar-refractivity contribution in [2.24, 2.45) is 0 Å². The van der Waals surface area contributed by atoms with Crippen molar-refractivity contribution in [2.75, 3.05) is 0 Å². The summed E-state index contributed by atoms with van der Waals surface area (Å²) in [5, 5.41) is 0. The monoisotopic (exact) mass is 263 g/mol. The van der Waals surface area contributed by atoms with Gasteiger partial charge in [0.15, 0.2) is 0 Å². The van der Waals surface area contributed by atoms with Crippen LogP contribution in [0.15, 0.2) is 12.1 Å². The molecule has 0 N–H and O–H groups in total. The van der Waals surface area contributed by atoms with Crippen molar-refractivity contribution >= 4 is 17.1 Å². The second-order valence-corrected chi connectivity index (χ2v) is 6.83. The first-order valence-electron chi connectivity index (χ1n) is 7.11. The first kappa shape index (κ1) is 12.4. The lowest BCUT2D eigenvalue weighted by molar-refractivity contribution is -0.127. The van der Waals surface area contributed by atoms with Crippen LogP contribution in [-0.4, -0.2) is 22.8 Å². The fraction of sp³-hybridized carbons (Fsp3) is 0.667. The van der Waals surface area contributed by atoms with Gasteiger partial charge in [0.2, 0.25) is 0 Å². The lowest BCUT2D eigenvalue weighted by atomic mass is 9.84. The Morgan fingerprint density at radius 3 is 2.50 bits per heavy atom. The van der Waals surface area contributed by atoms with Crippen LogP contribution in [0.3, 0.4) is 0 Å². The van der Waals surface area contributed by atoms with Crippen molar-refractivity contribution in [3.8, 4) is 0 Å². The molecule has 2 unspecified atom stereocenters. The van der Waals surface area contributed by atoms with Crippen LogP contribution in [0.25, 0.3) is 0 Å². The average Bonchev–Trinajstić information content (AvgIpc) is 2.78. The minimum atomic E-state index is 0.487. The summed E-state index contributed by atoms with van der Waals surface area (Å²) in [5.41, 5.74) is 0. The number of hydrogen-bond acceptors (Lipinski definition) is 3. The van der Waals surface area contributed by atoms with E-state index in [0.29, 0.717) is 17.9 Å². The van der Waals surface area contributed by atoms with E-state index in [1.165, 1.54) is 29.0 Å². The number of piperidine rings is 2. The van der Waals surface area contributed by atoms with E-state index in [2.05, 4.69) is 24.0 Å². The lowest BCUT2D eigenvalue weighted by Gasteiger charge is -2.45. The summed E-state index contributed by atoms with van der Waals surface area (Å²) in [6.45, 7) is 3.27. The van der Waals surface area contributed by atoms with Crippen molar-refractivity contribution in [3.05, 3.63) is 21.9 Å². The first-order valence-corrected chi connectivity index (χ1v) is 7.93. The van der Waals surface area contributed by atoms with Gasteiger partial charge in [-0.1, -0.05) is 13.3 Å². The third-order valence-corrected chi connectivity index (χ3v) is 5.56. The Labute approximate surface area is 113 Å². The number of fused-ring (bicyclic) bond motifs is 2. The van der Waals surface area contributed by atoms with Gasteiger partial charge in [0.1, 0.15) is 5.78 Å². The molecular weight excluding hydrogens is 242 g/mol. The molecule has 3 heterocycles. The van der Waals surface area contributed by atoms with Crippen molar-refractivity contribution in [1.29, 1.82) is 0 Å². The smallest absolute Gasteiger partial charge is 0.136 e. The first-order chi connectivity index (χ1) is 8.76. The molecule has 18 heavy (non-hydrogen) atoms. The number of Topliss-reactive ketones (excluding diaryl/α,β-unsaturated/α-hetero) is 1. The number of aryl methyl sites for hydroxylation is 1. The van der Waals surface area contributed by atoms with Gasteiger partial charge in [-0.2, -0.15) is 0 Å². The third kappa shape index (κ3) is 2.39. The number of carbonyl (C=O) groups is 1. The van der Waals surface area contributed by atoms with E-state index in [-0.39, 0.29) is 0 Å². The molecular formula is C15H21NOS. The predicted octanol–water partition coefficient (Wildman–Crippen LogP) is 3.40. The highest BCUT2D eigenvalue weighted by molar-refractivity contribution is 7.11. The van der Waals surface area contributed by atoms with E-state index in [9.17, 15) is 4.79 Å². The number of carbonyl (C=O) groups excluding carboxylic acids is 1. The summed E-state index contributed by atoms with van der Waals surface area (Å²) < 4.78 is 0. The van der Waals surface area contributed by atoms with Crippen LogP contribution in [0.5, 0.6) is 0 Å². The van der Waals surface area contributed by atoms with Gasteiger partial charge in [0.25, 0.3) is 0 Å². The molecule has 1 aromatic heterocycles. The van der Waals surface area contributed by atoms with Crippen molar-refractivity contribution in [3.63, 3.8) is 0 Å². The predicted molar refractivity (Wildman–Crippen MR) is 74.9 cm³/mol. The van der Waals surface area contributed by atoms with Crippen LogP contribution in [0.4, 0.5) is 0 Å². The Morgan fingerprint density at radius 1 is 1.22 bits per heavy atom. The third-order valence-electron chi connectivity index (χ3n) is 4.34. The number of thiophene rings is 1. The number of rotatable bonds is 3. The Hall–Kier alpha value is -0.670. The van der Waals surface area contributed by atoms with E-state index in [1.54, 1.807) is 0 Å². The van der Waals surface area contributed by atoms with E-state index < -0.39 is 0 Å². The second-order valence-electron chi connectivity index (χ2n) is 5.58. The van der Waals surface area contributed by atoms with E-state index >= 15 is 0 Å². The van der Waals surface area contributed by atoms with Gasteiger partial charge >= 0.3 is 0 Å². The fourth-order valence-electron chi connectivity index (χ4n) is 3.40. The molecule has 2 atom stereocenters. The van der Waals surface area contributed by atoms with Gasteiger partial charge in [-0.25, -0.2) is 0 Å². The fourth-order valence-corrected chi connectivity index (χ4v) is 4.37. The highest BCUT2D eigenvalue weighted by atomic mass is 32.1. The normalized spacial score (nSPS) is 28.6. The highest BCUT2D eigenvalue weighted by Gasteiger charge is 2.37. The minimum absolute atomic E-state index is 0.487. The minimum Gasteiger partial charge on any atom is -0.300 e. The zero-order chi connectivity index (χ0) is 12.5. The van der Waals surface area contributed by atoms with Crippen LogP contribution < -0.4 is 0 Å². The van der Waals surface area contributed by atoms with E-state index in [0.717, 1.165) is 25.8 Å². The molecule has 98 valence electrons. The zero-order valence-electron chi connectivity index (χ0n) is 11.0. The molecule has 0 saturated carbocycles. The highest BCUT2D eigenvalue weighted by Crippen LogP contribution is 2.34. The van der Waals surface area contributed by atoms with E-state index in [4.69, 9.17) is 0 Å². The van der Waals surface area contributed by atoms with Crippen molar-refractivity contribution in [1.82, 2.24) is 4.90 Å². The molecule has 0 spiro atoms. The van der Waals surface area contributed by atoms with Crippen molar-refractivity contribution < 1.29 is 4.79 Å². The Balaban J connectivity index is 1.73. The second kappa shape index (κ2) is 5.14. The van der Waals surface area contributed by atoms with Crippen LogP contribution in [0.1, 0.15) is 48.8 Å². The van der Waals surface area contributed by atoms with E-state index in [1.807, 2.05) is 11.3 Å². The largest absolute Gasteiger partial charge is 0.300 e.